The molecule has 30 heavy (non-hydrogen) atoms. The van der Waals surface area contributed by atoms with Crippen molar-refractivity contribution in [1.82, 2.24) is 4.31 Å². The quantitative estimate of drug-likeness (QED) is 0.684. The van der Waals surface area contributed by atoms with E-state index in [4.69, 9.17) is 16.3 Å². The van der Waals surface area contributed by atoms with Gasteiger partial charge in [0.25, 0.3) is 0 Å². The number of ether oxygens (including phenoxy) is 1. The van der Waals surface area contributed by atoms with E-state index in [0.29, 0.717) is 25.1 Å². The Kier molecular flexibility index (Phi) is 7.33. The summed E-state index contributed by atoms with van der Waals surface area (Å²) in [4.78, 5) is 12.5. The average Bonchev–Trinajstić information content (AvgIpc) is 2.72. The highest BCUT2D eigenvalue weighted by Gasteiger charge is 2.32. The van der Waals surface area contributed by atoms with Gasteiger partial charge < -0.3 is 10.1 Å². The molecule has 1 heterocycles. The predicted octanol–water partition coefficient (Wildman–Crippen LogP) is 4.06. The monoisotopic (exact) mass is 454 g/mol. The van der Waals surface area contributed by atoms with Gasteiger partial charge in [0.1, 0.15) is 11.6 Å². The lowest BCUT2D eigenvalue weighted by Gasteiger charge is -2.30. The molecule has 1 amide bonds. The molecule has 6 nitrogen and oxygen atoms in total. The third-order valence-corrected chi connectivity index (χ3v) is 7.20. The molecule has 1 N–H and O–H groups in total. The fourth-order valence-corrected chi connectivity index (χ4v) is 5.30. The van der Waals surface area contributed by atoms with E-state index in [0.717, 1.165) is 5.75 Å². The van der Waals surface area contributed by atoms with Crippen LogP contribution in [0.5, 0.6) is 5.75 Å². The Morgan fingerprint density at radius 1 is 1.20 bits per heavy atom. The van der Waals surface area contributed by atoms with Crippen LogP contribution in [-0.2, 0) is 20.6 Å². The summed E-state index contributed by atoms with van der Waals surface area (Å²) in [5, 5.41) is 2.95. The first kappa shape index (κ1) is 22.5. The van der Waals surface area contributed by atoms with Gasteiger partial charge in [0, 0.05) is 35.3 Å². The van der Waals surface area contributed by atoms with Gasteiger partial charge in [0.05, 0.1) is 12.4 Å². The number of piperidine rings is 1. The van der Waals surface area contributed by atoms with Gasteiger partial charge in [-0.2, -0.15) is 0 Å². The molecule has 0 aromatic heterocycles. The zero-order valence-electron chi connectivity index (χ0n) is 16.6. The van der Waals surface area contributed by atoms with Crippen LogP contribution in [0.3, 0.4) is 0 Å². The summed E-state index contributed by atoms with van der Waals surface area (Å²) in [6.45, 7) is 2.87. The number of rotatable bonds is 7. The maximum Gasteiger partial charge on any atom is 0.227 e. The van der Waals surface area contributed by atoms with Crippen molar-refractivity contribution in [2.24, 2.45) is 5.92 Å². The van der Waals surface area contributed by atoms with E-state index >= 15 is 0 Å². The van der Waals surface area contributed by atoms with E-state index in [-0.39, 0.29) is 35.5 Å². The van der Waals surface area contributed by atoms with Crippen LogP contribution in [0.15, 0.2) is 42.5 Å². The molecule has 1 aliphatic rings. The third kappa shape index (κ3) is 5.50. The van der Waals surface area contributed by atoms with Gasteiger partial charge in [0.2, 0.25) is 15.9 Å². The van der Waals surface area contributed by atoms with Crippen LogP contribution in [0, 0.1) is 11.7 Å². The number of amides is 1. The summed E-state index contributed by atoms with van der Waals surface area (Å²) in [5.74, 6) is -0.852. The smallest absolute Gasteiger partial charge is 0.227 e. The van der Waals surface area contributed by atoms with Crippen molar-refractivity contribution in [3.05, 3.63) is 58.9 Å². The van der Waals surface area contributed by atoms with Crippen molar-refractivity contribution in [3.8, 4) is 5.75 Å². The van der Waals surface area contributed by atoms with Crippen molar-refractivity contribution < 1.29 is 22.3 Å². The molecule has 9 heteroatoms. The highest BCUT2D eigenvalue weighted by molar-refractivity contribution is 7.88. The second kappa shape index (κ2) is 9.76. The SMILES string of the molecule is CCOc1ccc(NC(=O)C2CCN(S(=O)(=O)Cc3c(F)cccc3Cl)CC2)cc1. The van der Waals surface area contributed by atoms with Crippen molar-refractivity contribution in [3.63, 3.8) is 0 Å². The maximum absolute atomic E-state index is 14.0. The number of benzene rings is 2. The number of nitrogens with zero attached hydrogens (tertiary/aromatic N) is 1. The van der Waals surface area contributed by atoms with Crippen LogP contribution in [0.2, 0.25) is 5.02 Å². The van der Waals surface area contributed by atoms with E-state index in [1.165, 1.54) is 22.5 Å². The Morgan fingerprint density at radius 2 is 1.87 bits per heavy atom. The Labute approximate surface area is 181 Å². The number of anilines is 1. The van der Waals surface area contributed by atoms with Crippen LogP contribution >= 0.6 is 11.6 Å². The minimum Gasteiger partial charge on any atom is -0.494 e. The zero-order valence-corrected chi connectivity index (χ0v) is 18.2. The molecular weight excluding hydrogens is 431 g/mol. The van der Waals surface area contributed by atoms with Gasteiger partial charge >= 0.3 is 0 Å². The second-order valence-corrected chi connectivity index (χ2v) is 9.45. The molecule has 0 spiro atoms. The first-order valence-corrected chi connectivity index (χ1v) is 11.7. The molecule has 0 atom stereocenters. The molecule has 1 saturated heterocycles. The second-order valence-electron chi connectivity index (χ2n) is 7.08. The van der Waals surface area contributed by atoms with Gasteiger partial charge in [-0.3, -0.25) is 4.79 Å². The predicted molar refractivity (Wildman–Crippen MR) is 115 cm³/mol. The Bertz CT molecular complexity index is 970. The van der Waals surface area contributed by atoms with Crippen LogP contribution in [-0.4, -0.2) is 38.3 Å². The fraction of sp³-hybridized carbons (Fsp3) is 0.381. The van der Waals surface area contributed by atoms with Crippen LogP contribution < -0.4 is 10.1 Å². The number of sulfonamides is 1. The van der Waals surface area contributed by atoms with Crippen LogP contribution in [0.25, 0.3) is 0 Å². The number of carbonyl (C=O) groups is 1. The van der Waals surface area contributed by atoms with Crippen LogP contribution in [0.4, 0.5) is 10.1 Å². The first-order chi connectivity index (χ1) is 14.3. The summed E-state index contributed by atoms with van der Waals surface area (Å²) in [5.41, 5.74) is 0.627. The van der Waals surface area contributed by atoms with Crippen molar-refractivity contribution >= 4 is 33.2 Å². The minimum absolute atomic E-state index is 0.0328. The van der Waals surface area contributed by atoms with E-state index in [1.54, 1.807) is 24.3 Å². The molecule has 0 radical (unpaired) electrons. The molecule has 2 aromatic carbocycles. The number of carbonyl (C=O) groups excluding carboxylic acids is 1. The van der Waals surface area contributed by atoms with E-state index in [1.807, 2.05) is 6.92 Å². The molecule has 162 valence electrons. The third-order valence-electron chi connectivity index (χ3n) is 5.04. The largest absolute Gasteiger partial charge is 0.494 e. The van der Waals surface area contributed by atoms with Gasteiger partial charge in [-0.25, -0.2) is 17.1 Å². The van der Waals surface area contributed by atoms with Gasteiger partial charge in [-0.15, -0.1) is 0 Å². The summed E-state index contributed by atoms with van der Waals surface area (Å²) in [6, 6.07) is 11.2. The molecule has 1 fully saturated rings. The molecule has 3 rings (SSSR count). The van der Waals surface area contributed by atoms with Gasteiger partial charge in [-0.1, -0.05) is 17.7 Å². The Hall–Kier alpha value is -2.16. The molecule has 0 bridgehead atoms. The molecule has 0 unspecified atom stereocenters. The molecular formula is C21H24ClFN2O4S. The lowest BCUT2D eigenvalue weighted by atomic mass is 9.97. The standard InChI is InChI=1S/C21H24ClFN2O4S/c1-2-29-17-8-6-16(7-9-17)24-21(26)15-10-12-25(13-11-15)30(27,28)14-18-19(22)4-3-5-20(18)23/h3-9,15H,2,10-14H2,1H3,(H,24,26). The Morgan fingerprint density at radius 3 is 2.47 bits per heavy atom. The van der Waals surface area contributed by atoms with Crippen molar-refractivity contribution in [2.75, 3.05) is 25.0 Å². The molecule has 2 aromatic rings. The summed E-state index contributed by atoms with van der Waals surface area (Å²) >= 11 is 5.96. The molecule has 0 saturated carbocycles. The Balaban J connectivity index is 1.56. The first-order valence-electron chi connectivity index (χ1n) is 9.74. The summed E-state index contributed by atoms with van der Waals surface area (Å²) < 4.78 is 46.0. The number of hydrogen-bond donors (Lipinski definition) is 1. The van der Waals surface area contributed by atoms with Crippen LogP contribution in [0.1, 0.15) is 25.3 Å². The summed E-state index contributed by atoms with van der Waals surface area (Å²) in [6.07, 6.45) is 0.792. The summed E-state index contributed by atoms with van der Waals surface area (Å²) in [7, 11) is -3.74. The fourth-order valence-electron chi connectivity index (χ4n) is 3.39. The topological polar surface area (TPSA) is 75.7 Å². The number of nitrogens with one attached hydrogen (secondary N) is 1. The lowest BCUT2D eigenvalue weighted by Crippen LogP contribution is -2.42. The highest BCUT2D eigenvalue weighted by atomic mass is 35.5. The van der Waals surface area contributed by atoms with Crippen molar-refractivity contribution in [2.45, 2.75) is 25.5 Å². The number of hydrogen-bond acceptors (Lipinski definition) is 4. The molecule has 1 aliphatic heterocycles. The minimum atomic E-state index is -3.74. The van der Waals surface area contributed by atoms with E-state index in [9.17, 15) is 17.6 Å². The van der Waals surface area contributed by atoms with Crippen molar-refractivity contribution in [1.29, 1.82) is 0 Å². The average molecular weight is 455 g/mol. The maximum atomic E-state index is 14.0. The normalized spacial score (nSPS) is 15.7. The lowest BCUT2D eigenvalue weighted by molar-refractivity contribution is -0.120. The van der Waals surface area contributed by atoms with Gasteiger partial charge in [0.15, 0.2) is 0 Å². The van der Waals surface area contributed by atoms with E-state index in [2.05, 4.69) is 5.32 Å². The van der Waals surface area contributed by atoms with E-state index < -0.39 is 21.6 Å². The molecule has 0 aliphatic carbocycles. The number of halogens is 2. The zero-order chi connectivity index (χ0) is 21.7. The van der Waals surface area contributed by atoms with Gasteiger partial charge in [-0.05, 0) is 56.2 Å². The highest BCUT2D eigenvalue weighted by Crippen LogP contribution is 2.26.